The van der Waals surface area contributed by atoms with Gasteiger partial charge in [0.2, 0.25) is 5.56 Å². The Bertz CT molecular complexity index is 2030. The highest BCUT2D eigenvalue weighted by Gasteiger charge is 2.16. The average Bonchev–Trinajstić information content (AvgIpc) is 3.08. The van der Waals surface area contributed by atoms with Gasteiger partial charge < -0.3 is 35.1 Å². The summed E-state index contributed by atoms with van der Waals surface area (Å²) in [5.41, 5.74) is 4.37. The number of aryl methyl sites for hydroxylation is 1. The molecule has 0 aliphatic rings. The number of carboxylic acid groups (broad SMARTS) is 1. The van der Waals surface area contributed by atoms with Crippen molar-refractivity contribution in [3.05, 3.63) is 117 Å². The van der Waals surface area contributed by atoms with Gasteiger partial charge in [0.15, 0.2) is 0 Å². The molecular formula is C36H37ClF2N4O8. The van der Waals surface area contributed by atoms with Gasteiger partial charge in [-0.25, -0.2) is 9.59 Å². The predicted octanol–water partition coefficient (Wildman–Crippen LogP) is 6.96. The molecule has 0 aliphatic heterocycles. The smallest absolute Gasteiger partial charge is 0.411 e. The monoisotopic (exact) mass is 726 g/mol. The van der Waals surface area contributed by atoms with E-state index < -0.39 is 18.3 Å². The Morgan fingerprint density at radius 3 is 2.43 bits per heavy atom. The number of anilines is 2. The molecule has 0 bridgehead atoms. The van der Waals surface area contributed by atoms with Crippen molar-refractivity contribution in [1.82, 2.24) is 10.3 Å². The Hall–Kier alpha value is -5.70. The molecule has 15 heteroatoms. The first kappa shape index (κ1) is 39.7. The van der Waals surface area contributed by atoms with Crippen LogP contribution in [0, 0.1) is 0 Å². The Balaban J connectivity index is 0.00000351. The molecule has 0 saturated carbocycles. The van der Waals surface area contributed by atoms with Gasteiger partial charge in [-0.05, 0) is 53.8 Å². The first-order valence-corrected chi connectivity index (χ1v) is 15.7. The molecule has 5 rings (SSSR count). The lowest BCUT2D eigenvalue weighted by Gasteiger charge is -2.17. The fraction of sp³-hybridized carbons (Fsp3) is 0.194. The number of nitrogens with one attached hydrogen (secondary N) is 4. The summed E-state index contributed by atoms with van der Waals surface area (Å²) in [6.45, 7) is 0.521. The highest BCUT2D eigenvalue weighted by atomic mass is 35.5. The molecule has 12 nitrogen and oxygen atoms in total. The van der Waals surface area contributed by atoms with Crippen LogP contribution in [-0.4, -0.2) is 52.8 Å². The number of aliphatic hydroxyl groups excluding tert-OH is 1. The van der Waals surface area contributed by atoms with Gasteiger partial charge in [-0.2, -0.15) is 0 Å². The summed E-state index contributed by atoms with van der Waals surface area (Å²) in [7, 11) is 1.48. The number of aromatic nitrogens is 1. The van der Waals surface area contributed by atoms with E-state index in [-0.39, 0.29) is 56.6 Å². The van der Waals surface area contributed by atoms with Gasteiger partial charge in [-0.3, -0.25) is 24.8 Å². The summed E-state index contributed by atoms with van der Waals surface area (Å²) >= 11 is 6.48. The van der Waals surface area contributed by atoms with Crippen LogP contribution >= 0.6 is 11.6 Å². The number of ether oxygens (including phenoxy) is 2. The third-order valence-corrected chi connectivity index (χ3v) is 8.09. The molecule has 5 aromatic rings. The van der Waals surface area contributed by atoms with Crippen LogP contribution in [0.3, 0.4) is 0 Å². The number of phenolic OH excluding ortho intramolecular Hbond substituents is 1. The number of H-pyrrole nitrogens is 1. The van der Waals surface area contributed by atoms with Crippen LogP contribution in [0.1, 0.15) is 29.2 Å². The van der Waals surface area contributed by atoms with Crippen molar-refractivity contribution in [1.29, 1.82) is 0 Å². The molecule has 1 heterocycles. The topological polar surface area (TPSA) is 182 Å². The zero-order valence-corrected chi connectivity index (χ0v) is 28.0. The van der Waals surface area contributed by atoms with Crippen molar-refractivity contribution < 1.29 is 43.8 Å². The van der Waals surface area contributed by atoms with Crippen LogP contribution in [0.15, 0.2) is 89.7 Å². The molecule has 270 valence electrons. The normalized spacial score (nSPS) is 11.1. The molecule has 1 aromatic heterocycles. The number of amides is 2. The summed E-state index contributed by atoms with van der Waals surface area (Å²) in [4.78, 5) is 38.2. The SMILES string of the molecule is COc1cc(NC(=O)OCCCc2ccc(-c3ccccc3)c(NC(=O)O)c2)c(Cl)cc1CNC[C@@H](O)c1ccc(O)c2[nH]c(=O)ccc12.F.F. The largest absolute Gasteiger partial charge is 0.506 e. The van der Waals surface area contributed by atoms with Gasteiger partial charge in [-0.15, -0.1) is 0 Å². The van der Waals surface area contributed by atoms with Crippen molar-refractivity contribution in [2.24, 2.45) is 0 Å². The van der Waals surface area contributed by atoms with Crippen molar-refractivity contribution in [3.63, 3.8) is 0 Å². The minimum atomic E-state index is -1.16. The highest BCUT2D eigenvalue weighted by Crippen LogP contribution is 2.33. The van der Waals surface area contributed by atoms with Gasteiger partial charge in [0, 0.05) is 41.7 Å². The highest BCUT2D eigenvalue weighted by molar-refractivity contribution is 6.33. The number of aliphatic hydroxyl groups is 1. The second-order valence-electron chi connectivity index (χ2n) is 11.1. The minimum absolute atomic E-state index is 0. The van der Waals surface area contributed by atoms with Crippen molar-refractivity contribution in [2.75, 3.05) is 30.9 Å². The lowest BCUT2D eigenvalue weighted by Crippen LogP contribution is -2.22. The molecule has 0 unspecified atom stereocenters. The van der Waals surface area contributed by atoms with Gasteiger partial charge in [0.1, 0.15) is 11.5 Å². The molecule has 0 spiro atoms. The van der Waals surface area contributed by atoms with Crippen LogP contribution in [0.5, 0.6) is 11.5 Å². The second kappa shape index (κ2) is 18.3. The fourth-order valence-electron chi connectivity index (χ4n) is 5.44. The van der Waals surface area contributed by atoms with E-state index in [1.54, 1.807) is 30.3 Å². The number of aromatic hydroxyl groups is 1. The lowest BCUT2D eigenvalue weighted by atomic mass is 10.00. The number of benzene rings is 4. The third-order valence-electron chi connectivity index (χ3n) is 7.78. The summed E-state index contributed by atoms with van der Waals surface area (Å²) in [6, 6.07) is 24.1. The van der Waals surface area contributed by atoms with Crippen LogP contribution in [0.2, 0.25) is 5.02 Å². The number of rotatable bonds is 13. The predicted molar refractivity (Wildman–Crippen MR) is 193 cm³/mol. The second-order valence-corrected chi connectivity index (χ2v) is 11.5. The van der Waals surface area contributed by atoms with Crippen LogP contribution < -0.4 is 26.2 Å². The van der Waals surface area contributed by atoms with Crippen LogP contribution in [-0.2, 0) is 17.7 Å². The van der Waals surface area contributed by atoms with E-state index in [1.165, 1.54) is 19.2 Å². The molecule has 4 aromatic carbocycles. The van der Waals surface area contributed by atoms with Crippen molar-refractivity contribution in [2.45, 2.75) is 25.5 Å². The first-order valence-electron chi connectivity index (χ1n) is 15.3. The fourth-order valence-corrected chi connectivity index (χ4v) is 5.68. The number of methoxy groups -OCH3 is 1. The molecule has 0 aliphatic carbocycles. The molecule has 0 radical (unpaired) electrons. The maximum atomic E-state index is 12.6. The standard InChI is InChI=1S/C36H35ClN4O8.2FH/c1-48-32-18-29(27(37)17-23(32)19-38-20-31(43)25-11-13-30(42)34-26(25)12-14-33(44)41-34)40-36(47)49-15-5-6-21-9-10-24(22-7-3-2-4-8-22)28(16-21)39-35(45)46;;/h2-4,7-14,16-18,31,38-39,42-43H,5-6,15,19-20H2,1H3,(H,40,47)(H,41,44)(H,45,46);2*1H/t31-;;/m1../s1. The third kappa shape index (κ3) is 10.2. The number of carbonyl (C=O) groups is 2. The van der Waals surface area contributed by atoms with E-state index in [0.29, 0.717) is 40.8 Å². The maximum Gasteiger partial charge on any atom is 0.411 e. The van der Waals surface area contributed by atoms with E-state index in [0.717, 1.165) is 16.7 Å². The first-order chi connectivity index (χ1) is 23.6. The average molecular weight is 727 g/mol. The van der Waals surface area contributed by atoms with E-state index in [4.69, 9.17) is 21.1 Å². The Labute approximate surface area is 295 Å². The van der Waals surface area contributed by atoms with E-state index in [2.05, 4.69) is 20.9 Å². The van der Waals surface area contributed by atoms with Gasteiger partial charge in [-0.1, -0.05) is 60.1 Å². The minimum Gasteiger partial charge on any atom is -0.506 e. The molecule has 2 amide bonds. The van der Waals surface area contributed by atoms with Crippen molar-refractivity contribution >= 4 is 46.1 Å². The summed E-state index contributed by atoms with van der Waals surface area (Å²) in [5, 5.41) is 39.3. The van der Waals surface area contributed by atoms with Gasteiger partial charge in [0.25, 0.3) is 0 Å². The quantitative estimate of drug-likeness (QED) is 0.0631. The van der Waals surface area contributed by atoms with Crippen LogP contribution in [0.25, 0.3) is 22.0 Å². The number of aromatic amines is 1. The van der Waals surface area contributed by atoms with E-state index in [9.17, 15) is 29.7 Å². The Morgan fingerprint density at radius 2 is 1.71 bits per heavy atom. The van der Waals surface area contributed by atoms with Crippen LogP contribution in [0.4, 0.5) is 30.4 Å². The summed E-state index contributed by atoms with van der Waals surface area (Å²) in [6.07, 6.45) is -1.77. The number of halogens is 3. The number of carbonyl (C=O) groups excluding carboxylic acids is 1. The molecule has 1 atom stereocenters. The number of phenols is 1. The zero-order valence-electron chi connectivity index (χ0n) is 27.3. The summed E-state index contributed by atoms with van der Waals surface area (Å²) in [5.74, 6) is 0.350. The van der Waals surface area contributed by atoms with E-state index in [1.807, 2.05) is 42.5 Å². The Kier molecular flexibility index (Phi) is 14.3. The van der Waals surface area contributed by atoms with Gasteiger partial charge in [0.05, 0.1) is 41.7 Å². The molecule has 0 saturated heterocycles. The zero-order chi connectivity index (χ0) is 34.9. The molecule has 0 fully saturated rings. The number of pyridine rings is 1. The molecule has 7 N–H and O–H groups in total. The van der Waals surface area contributed by atoms with Crippen molar-refractivity contribution in [3.8, 4) is 22.6 Å². The molecular weight excluding hydrogens is 690 g/mol. The van der Waals surface area contributed by atoms with Gasteiger partial charge >= 0.3 is 12.2 Å². The maximum absolute atomic E-state index is 12.6. The Morgan fingerprint density at radius 1 is 0.941 bits per heavy atom. The van der Waals surface area contributed by atoms with E-state index >= 15 is 0 Å². The molecule has 51 heavy (non-hydrogen) atoms. The number of hydrogen-bond donors (Lipinski definition) is 7. The number of fused-ring (bicyclic) bond motifs is 1. The number of hydrogen-bond acceptors (Lipinski definition) is 8. The summed E-state index contributed by atoms with van der Waals surface area (Å²) < 4.78 is 10.9. The lowest BCUT2D eigenvalue weighted by molar-refractivity contribution is 0.160.